The molecule has 2 rings (SSSR count). The smallest absolute Gasteiger partial charge is 0.339 e. The molecule has 0 aliphatic heterocycles. The summed E-state index contributed by atoms with van der Waals surface area (Å²) in [5, 5.41) is 0.523. The topological polar surface area (TPSA) is 61.8 Å². The first-order valence-electron chi connectivity index (χ1n) is 6.54. The third-order valence-electron chi connectivity index (χ3n) is 2.77. The van der Waals surface area contributed by atoms with Crippen LogP contribution in [0.15, 0.2) is 47.4 Å². The minimum absolute atomic E-state index is 0.00247. The zero-order chi connectivity index (χ0) is 16.9. The van der Waals surface area contributed by atoms with Gasteiger partial charge in [0.15, 0.2) is 0 Å². The second-order valence-electron chi connectivity index (χ2n) is 4.43. The standard InChI is InChI=1S/C15H14Cl2O5S/c1-20-8-9-21-11-2-5-13(6-3-11)23(18,19)22-12-4-7-14(16)15(17)10-12/h2-7,10H,8-9H2,1H3. The molecule has 5 nitrogen and oxygen atoms in total. The molecule has 2 aromatic carbocycles. The molecule has 0 atom stereocenters. The molecule has 8 heteroatoms. The van der Waals surface area contributed by atoms with Gasteiger partial charge in [-0.05, 0) is 36.4 Å². The Balaban J connectivity index is 2.11. The number of ether oxygens (including phenoxy) is 2. The lowest BCUT2D eigenvalue weighted by molar-refractivity contribution is 0.146. The highest BCUT2D eigenvalue weighted by Gasteiger charge is 2.17. The molecule has 23 heavy (non-hydrogen) atoms. The molecule has 0 unspecified atom stereocenters. The van der Waals surface area contributed by atoms with Crippen molar-refractivity contribution in [2.24, 2.45) is 0 Å². The van der Waals surface area contributed by atoms with Crippen LogP contribution < -0.4 is 8.92 Å². The number of benzene rings is 2. The SMILES string of the molecule is COCCOc1ccc(S(=O)(=O)Oc2ccc(Cl)c(Cl)c2)cc1. The van der Waals surface area contributed by atoms with E-state index in [0.29, 0.717) is 24.0 Å². The van der Waals surface area contributed by atoms with E-state index >= 15 is 0 Å². The average Bonchev–Trinajstić information content (AvgIpc) is 2.51. The van der Waals surface area contributed by atoms with Crippen molar-refractivity contribution >= 4 is 33.3 Å². The van der Waals surface area contributed by atoms with Gasteiger partial charge in [0, 0.05) is 13.2 Å². The molecule has 0 bridgehead atoms. The Morgan fingerprint density at radius 2 is 1.57 bits per heavy atom. The van der Waals surface area contributed by atoms with Crippen LogP contribution >= 0.6 is 23.2 Å². The van der Waals surface area contributed by atoms with Crippen molar-refractivity contribution in [2.75, 3.05) is 20.3 Å². The Kier molecular flexibility index (Phi) is 6.12. The third kappa shape index (κ3) is 5.00. The van der Waals surface area contributed by atoms with Gasteiger partial charge < -0.3 is 13.7 Å². The van der Waals surface area contributed by atoms with Crippen LogP contribution in [-0.4, -0.2) is 28.7 Å². The van der Waals surface area contributed by atoms with Crippen molar-refractivity contribution in [3.8, 4) is 11.5 Å². The fourth-order valence-electron chi connectivity index (χ4n) is 1.65. The lowest BCUT2D eigenvalue weighted by Gasteiger charge is -2.09. The van der Waals surface area contributed by atoms with Crippen LogP contribution in [-0.2, 0) is 14.9 Å². The van der Waals surface area contributed by atoms with Crippen molar-refractivity contribution < 1.29 is 22.1 Å². The second-order valence-corrected chi connectivity index (χ2v) is 6.79. The third-order valence-corrected chi connectivity index (χ3v) is 4.77. The van der Waals surface area contributed by atoms with E-state index in [0.717, 1.165) is 0 Å². The number of methoxy groups -OCH3 is 1. The molecule has 0 saturated carbocycles. The van der Waals surface area contributed by atoms with Crippen LogP contribution in [0, 0.1) is 0 Å². The van der Waals surface area contributed by atoms with Crippen molar-refractivity contribution in [2.45, 2.75) is 4.90 Å². The van der Waals surface area contributed by atoms with Gasteiger partial charge >= 0.3 is 10.1 Å². The maximum atomic E-state index is 12.2. The molecule has 0 amide bonds. The highest BCUT2D eigenvalue weighted by molar-refractivity contribution is 7.87. The Morgan fingerprint density at radius 1 is 0.913 bits per heavy atom. The van der Waals surface area contributed by atoms with E-state index in [4.69, 9.17) is 36.9 Å². The summed E-state index contributed by atoms with van der Waals surface area (Å²) < 4.78 is 39.7. The highest BCUT2D eigenvalue weighted by atomic mass is 35.5. The summed E-state index contributed by atoms with van der Waals surface area (Å²) in [4.78, 5) is 0.00247. The maximum Gasteiger partial charge on any atom is 0.339 e. The Hall–Kier alpha value is -1.47. The minimum Gasteiger partial charge on any atom is -0.491 e. The van der Waals surface area contributed by atoms with Gasteiger partial charge in [-0.3, -0.25) is 0 Å². The summed E-state index contributed by atoms with van der Waals surface area (Å²) >= 11 is 11.6. The molecule has 124 valence electrons. The van der Waals surface area contributed by atoms with Gasteiger partial charge in [-0.25, -0.2) is 0 Å². The van der Waals surface area contributed by atoms with E-state index < -0.39 is 10.1 Å². The first-order valence-corrected chi connectivity index (χ1v) is 8.70. The molecule has 0 aliphatic carbocycles. The summed E-state index contributed by atoms with van der Waals surface area (Å²) in [6.07, 6.45) is 0. The van der Waals surface area contributed by atoms with Crippen LogP contribution in [0.25, 0.3) is 0 Å². The fraction of sp³-hybridized carbons (Fsp3) is 0.200. The van der Waals surface area contributed by atoms with E-state index in [9.17, 15) is 8.42 Å². The molecule has 0 spiro atoms. The molecule has 0 radical (unpaired) electrons. The predicted molar refractivity (Wildman–Crippen MR) is 88.1 cm³/mol. The number of rotatable bonds is 7. The quantitative estimate of drug-likeness (QED) is 0.543. The van der Waals surface area contributed by atoms with E-state index in [1.165, 1.54) is 30.3 Å². The number of hydrogen-bond donors (Lipinski definition) is 0. The first kappa shape index (κ1) is 17.9. The predicted octanol–water partition coefficient (Wildman–Crippen LogP) is 3.79. The van der Waals surface area contributed by atoms with Crippen LogP contribution in [0.4, 0.5) is 0 Å². The summed E-state index contributed by atoms with van der Waals surface area (Å²) in [6, 6.07) is 10.1. The normalized spacial score (nSPS) is 11.3. The lowest BCUT2D eigenvalue weighted by Crippen LogP contribution is -2.10. The largest absolute Gasteiger partial charge is 0.491 e. The number of hydrogen-bond acceptors (Lipinski definition) is 5. The van der Waals surface area contributed by atoms with E-state index in [1.807, 2.05) is 0 Å². The Bertz CT molecular complexity index is 760. The Labute approximate surface area is 144 Å². The van der Waals surface area contributed by atoms with Gasteiger partial charge in [-0.15, -0.1) is 0 Å². The summed E-state index contributed by atoms with van der Waals surface area (Å²) in [5.41, 5.74) is 0. The van der Waals surface area contributed by atoms with Crippen LogP contribution in [0.2, 0.25) is 10.0 Å². The van der Waals surface area contributed by atoms with Gasteiger partial charge in [0.1, 0.15) is 23.0 Å². The molecule has 0 N–H and O–H groups in total. The summed E-state index contributed by atoms with van der Waals surface area (Å²) in [5.74, 6) is 0.621. The number of halogens is 2. The molecule has 0 saturated heterocycles. The molecule has 0 aliphatic rings. The molecule has 0 fully saturated rings. The van der Waals surface area contributed by atoms with E-state index in [-0.39, 0.29) is 15.7 Å². The van der Waals surface area contributed by atoms with E-state index in [1.54, 1.807) is 19.2 Å². The Morgan fingerprint density at radius 3 is 2.17 bits per heavy atom. The molecular weight excluding hydrogens is 363 g/mol. The molecule has 0 aromatic heterocycles. The minimum atomic E-state index is -3.97. The zero-order valence-electron chi connectivity index (χ0n) is 12.2. The summed E-state index contributed by atoms with van der Waals surface area (Å²) in [7, 11) is -2.40. The van der Waals surface area contributed by atoms with Gasteiger partial charge in [0.05, 0.1) is 16.7 Å². The van der Waals surface area contributed by atoms with Gasteiger partial charge in [0.25, 0.3) is 0 Å². The van der Waals surface area contributed by atoms with Crippen LogP contribution in [0.5, 0.6) is 11.5 Å². The average molecular weight is 377 g/mol. The highest BCUT2D eigenvalue weighted by Crippen LogP contribution is 2.28. The van der Waals surface area contributed by atoms with E-state index in [2.05, 4.69) is 0 Å². The molecule has 0 heterocycles. The van der Waals surface area contributed by atoms with Gasteiger partial charge in [-0.1, -0.05) is 23.2 Å². The molecule has 2 aromatic rings. The second kappa shape index (κ2) is 7.88. The van der Waals surface area contributed by atoms with Gasteiger partial charge in [0.2, 0.25) is 0 Å². The van der Waals surface area contributed by atoms with Crippen molar-refractivity contribution in [3.05, 3.63) is 52.5 Å². The zero-order valence-corrected chi connectivity index (χ0v) is 14.5. The van der Waals surface area contributed by atoms with Crippen molar-refractivity contribution in [1.82, 2.24) is 0 Å². The van der Waals surface area contributed by atoms with Gasteiger partial charge in [-0.2, -0.15) is 8.42 Å². The fourth-order valence-corrected chi connectivity index (χ4v) is 2.86. The van der Waals surface area contributed by atoms with Crippen LogP contribution in [0.1, 0.15) is 0 Å². The van der Waals surface area contributed by atoms with Crippen molar-refractivity contribution in [1.29, 1.82) is 0 Å². The first-order chi connectivity index (χ1) is 10.9. The van der Waals surface area contributed by atoms with Crippen LogP contribution in [0.3, 0.4) is 0 Å². The summed E-state index contributed by atoms with van der Waals surface area (Å²) in [6.45, 7) is 0.822. The lowest BCUT2D eigenvalue weighted by atomic mass is 10.3. The van der Waals surface area contributed by atoms with Crippen molar-refractivity contribution in [3.63, 3.8) is 0 Å². The maximum absolute atomic E-state index is 12.2. The molecular formula is C15H14Cl2O5S. The monoisotopic (exact) mass is 376 g/mol.